The molecule has 0 aliphatic rings. The molecule has 3 N–H and O–H groups in total. The van der Waals surface area contributed by atoms with Crippen LogP contribution < -0.4 is 5.73 Å². The van der Waals surface area contributed by atoms with Crippen molar-refractivity contribution in [2.75, 3.05) is 0 Å². The number of hydrogen-bond donors (Lipinski definition) is 2. The number of nitrogens with two attached hydrogens (primary N) is 1. The molecule has 1 rings (SSSR count). The van der Waals surface area contributed by atoms with Crippen molar-refractivity contribution < 1.29 is 9.50 Å². The van der Waals surface area contributed by atoms with E-state index in [0.29, 0.717) is 12.0 Å². The molecule has 0 aliphatic carbocycles. The third-order valence-corrected chi connectivity index (χ3v) is 2.28. The average Bonchev–Trinajstić information content (AvgIpc) is 2.14. The molecule has 78 valence electrons. The zero-order valence-corrected chi connectivity index (χ0v) is 8.50. The Kier molecular flexibility index (Phi) is 3.61. The molecule has 0 spiro atoms. The zero-order chi connectivity index (χ0) is 10.7. The standard InChI is InChI=1S/C11H16FNO/c1-3-10(13)11(14)8-4-7(2)5-9(12)6-8/h4-6,10-11,14H,3,13H2,1-2H3/t10-,11-/m0/s1. The van der Waals surface area contributed by atoms with E-state index < -0.39 is 6.10 Å². The zero-order valence-electron chi connectivity index (χ0n) is 8.50. The molecular formula is C11H16FNO. The first kappa shape index (κ1) is 11.1. The van der Waals surface area contributed by atoms with E-state index in [1.807, 2.05) is 6.92 Å². The highest BCUT2D eigenvalue weighted by Crippen LogP contribution is 2.19. The van der Waals surface area contributed by atoms with Crippen molar-refractivity contribution >= 4 is 0 Å². The molecule has 14 heavy (non-hydrogen) atoms. The van der Waals surface area contributed by atoms with Gasteiger partial charge in [0.2, 0.25) is 0 Å². The maximum absolute atomic E-state index is 13.0. The van der Waals surface area contributed by atoms with E-state index in [-0.39, 0.29) is 11.9 Å². The molecule has 3 heteroatoms. The lowest BCUT2D eigenvalue weighted by Gasteiger charge is -2.17. The Morgan fingerprint density at radius 2 is 2.07 bits per heavy atom. The highest BCUT2D eigenvalue weighted by atomic mass is 19.1. The number of halogens is 1. The van der Waals surface area contributed by atoms with Crippen molar-refractivity contribution in [1.29, 1.82) is 0 Å². The van der Waals surface area contributed by atoms with Gasteiger partial charge in [0.15, 0.2) is 0 Å². The van der Waals surface area contributed by atoms with Crippen LogP contribution in [0.5, 0.6) is 0 Å². The van der Waals surface area contributed by atoms with Crippen LogP contribution in [0.3, 0.4) is 0 Å². The molecule has 2 atom stereocenters. The van der Waals surface area contributed by atoms with Crippen LogP contribution >= 0.6 is 0 Å². The molecule has 0 saturated carbocycles. The van der Waals surface area contributed by atoms with Gasteiger partial charge in [0, 0.05) is 6.04 Å². The van der Waals surface area contributed by atoms with Crippen molar-refractivity contribution in [3.8, 4) is 0 Å². The first-order valence-corrected chi connectivity index (χ1v) is 4.75. The smallest absolute Gasteiger partial charge is 0.123 e. The molecule has 0 unspecified atom stereocenters. The molecule has 0 aromatic heterocycles. The van der Waals surface area contributed by atoms with Gasteiger partial charge >= 0.3 is 0 Å². The van der Waals surface area contributed by atoms with E-state index in [9.17, 15) is 9.50 Å². The number of aliphatic hydroxyl groups excluding tert-OH is 1. The summed E-state index contributed by atoms with van der Waals surface area (Å²) in [5.74, 6) is -0.331. The van der Waals surface area contributed by atoms with Gasteiger partial charge in [0.05, 0.1) is 6.10 Å². The second-order valence-corrected chi connectivity index (χ2v) is 3.58. The van der Waals surface area contributed by atoms with Gasteiger partial charge < -0.3 is 10.8 Å². The van der Waals surface area contributed by atoms with Gasteiger partial charge in [0.25, 0.3) is 0 Å². The van der Waals surface area contributed by atoms with Crippen LogP contribution in [0.4, 0.5) is 4.39 Å². The molecule has 0 radical (unpaired) electrons. The summed E-state index contributed by atoms with van der Waals surface area (Å²) in [6.07, 6.45) is -0.120. The monoisotopic (exact) mass is 197 g/mol. The summed E-state index contributed by atoms with van der Waals surface area (Å²) in [5, 5.41) is 9.75. The van der Waals surface area contributed by atoms with E-state index in [1.165, 1.54) is 12.1 Å². The number of hydrogen-bond acceptors (Lipinski definition) is 2. The van der Waals surface area contributed by atoms with Gasteiger partial charge in [-0.05, 0) is 36.6 Å². The minimum absolute atomic E-state index is 0.331. The lowest BCUT2D eigenvalue weighted by Crippen LogP contribution is -2.27. The highest BCUT2D eigenvalue weighted by Gasteiger charge is 2.15. The fraction of sp³-hybridized carbons (Fsp3) is 0.455. The summed E-state index contributed by atoms with van der Waals surface area (Å²) in [5.41, 5.74) is 7.02. The Balaban J connectivity index is 2.94. The number of rotatable bonds is 3. The Bertz CT molecular complexity index is 294. The summed E-state index contributed by atoms with van der Waals surface area (Å²) in [6.45, 7) is 3.68. The average molecular weight is 197 g/mol. The largest absolute Gasteiger partial charge is 0.387 e. The van der Waals surface area contributed by atoms with Gasteiger partial charge in [-0.1, -0.05) is 13.0 Å². The van der Waals surface area contributed by atoms with Crippen LogP contribution in [-0.4, -0.2) is 11.1 Å². The summed E-state index contributed by atoms with van der Waals surface area (Å²) in [6, 6.07) is 4.17. The summed E-state index contributed by atoms with van der Waals surface area (Å²) >= 11 is 0. The minimum atomic E-state index is -0.783. The predicted molar refractivity (Wildman–Crippen MR) is 54.4 cm³/mol. The Labute approximate surface area is 83.6 Å². The van der Waals surface area contributed by atoms with Crippen molar-refractivity contribution in [3.63, 3.8) is 0 Å². The second kappa shape index (κ2) is 4.53. The van der Waals surface area contributed by atoms with Crippen LogP contribution in [0, 0.1) is 12.7 Å². The lowest BCUT2D eigenvalue weighted by molar-refractivity contribution is 0.144. The van der Waals surface area contributed by atoms with E-state index in [4.69, 9.17) is 5.73 Å². The van der Waals surface area contributed by atoms with E-state index in [2.05, 4.69) is 0 Å². The Morgan fingerprint density at radius 1 is 1.43 bits per heavy atom. The molecule has 0 aliphatic heterocycles. The maximum atomic E-state index is 13.0. The molecular weight excluding hydrogens is 181 g/mol. The quantitative estimate of drug-likeness (QED) is 0.777. The van der Waals surface area contributed by atoms with E-state index in [0.717, 1.165) is 5.56 Å². The van der Waals surface area contributed by atoms with Crippen molar-refractivity contribution in [2.24, 2.45) is 5.73 Å². The fourth-order valence-electron chi connectivity index (χ4n) is 1.41. The molecule has 0 saturated heterocycles. The SMILES string of the molecule is CC[C@H](N)[C@@H](O)c1cc(C)cc(F)c1. The lowest BCUT2D eigenvalue weighted by atomic mass is 9.99. The minimum Gasteiger partial charge on any atom is -0.387 e. The van der Waals surface area contributed by atoms with Gasteiger partial charge in [0.1, 0.15) is 5.82 Å². The highest BCUT2D eigenvalue weighted by molar-refractivity contribution is 5.26. The Morgan fingerprint density at radius 3 is 2.57 bits per heavy atom. The van der Waals surface area contributed by atoms with Crippen molar-refractivity contribution in [2.45, 2.75) is 32.4 Å². The van der Waals surface area contributed by atoms with Crippen molar-refractivity contribution in [1.82, 2.24) is 0 Å². The molecule has 1 aromatic rings. The summed E-state index contributed by atoms with van der Waals surface area (Å²) in [4.78, 5) is 0. The molecule has 0 bridgehead atoms. The van der Waals surface area contributed by atoms with Crippen LogP contribution in [-0.2, 0) is 0 Å². The number of benzene rings is 1. The second-order valence-electron chi connectivity index (χ2n) is 3.58. The topological polar surface area (TPSA) is 46.2 Å². The third-order valence-electron chi connectivity index (χ3n) is 2.28. The predicted octanol–water partition coefficient (Wildman–Crippen LogP) is 1.90. The summed E-state index contributed by atoms with van der Waals surface area (Å²) in [7, 11) is 0. The molecule has 2 nitrogen and oxygen atoms in total. The molecule has 0 heterocycles. The van der Waals surface area contributed by atoms with Crippen LogP contribution in [0.15, 0.2) is 18.2 Å². The van der Waals surface area contributed by atoms with Gasteiger partial charge in [-0.15, -0.1) is 0 Å². The molecule has 0 fully saturated rings. The van der Waals surface area contributed by atoms with Crippen LogP contribution in [0.1, 0.15) is 30.6 Å². The molecule has 1 aromatic carbocycles. The van der Waals surface area contributed by atoms with Gasteiger partial charge in [-0.2, -0.15) is 0 Å². The van der Waals surface area contributed by atoms with Crippen molar-refractivity contribution in [3.05, 3.63) is 35.1 Å². The summed E-state index contributed by atoms with van der Waals surface area (Å²) < 4.78 is 13.0. The van der Waals surface area contributed by atoms with Crippen LogP contribution in [0.2, 0.25) is 0 Å². The number of aryl methyl sites for hydroxylation is 1. The first-order valence-electron chi connectivity index (χ1n) is 4.75. The molecule has 0 amide bonds. The van der Waals surface area contributed by atoms with Gasteiger partial charge in [-0.25, -0.2) is 4.39 Å². The number of aliphatic hydroxyl groups is 1. The maximum Gasteiger partial charge on any atom is 0.123 e. The fourth-order valence-corrected chi connectivity index (χ4v) is 1.41. The third kappa shape index (κ3) is 2.53. The van der Waals surface area contributed by atoms with Gasteiger partial charge in [-0.3, -0.25) is 0 Å². The Hall–Kier alpha value is -0.930. The normalized spacial score (nSPS) is 15.2. The van der Waals surface area contributed by atoms with E-state index in [1.54, 1.807) is 13.0 Å². The van der Waals surface area contributed by atoms with E-state index >= 15 is 0 Å². The first-order chi connectivity index (χ1) is 6.54. The van der Waals surface area contributed by atoms with Crippen LogP contribution in [0.25, 0.3) is 0 Å².